The lowest BCUT2D eigenvalue weighted by molar-refractivity contribution is -0.120. The van der Waals surface area contributed by atoms with Crippen LogP contribution in [-0.2, 0) is 24.4 Å². The second kappa shape index (κ2) is 7.94. The van der Waals surface area contributed by atoms with Crippen LogP contribution in [0.3, 0.4) is 0 Å². The van der Waals surface area contributed by atoms with Crippen molar-refractivity contribution in [3.63, 3.8) is 0 Å². The molecular formula is C17H17ClFNO3. The molecule has 0 aliphatic heterocycles. The van der Waals surface area contributed by atoms with Crippen LogP contribution in [-0.4, -0.2) is 18.1 Å². The Kier molecular flexibility index (Phi) is 5.96. The van der Waals surface area contributed by atoms with Gasteiger partial charge in [0.2, 0.25) is 5.91 Å². The highest BCUT2D eigenvalue weighted by atomic mass is 35.5. The van der Waals surface area contributed by atoms with Gasteiger partial charge in [0.05, 0.1) is 20.1 Å². The zero-order valence-corrected chi connectivity index (χ0v) is 13.4. The Labute approximate surface area is 138 Å². The van der Waals surface area contributed by atoms with E-state index >= 15 is 0 Å². The number of ether oxygens (including phenoxy) is 1. The molecule has 2 N–H and O–H groups in total. The maximum absolute atomic E-state index is 13.3. The lowest BCUT2D eigenvalue weighted by Gasteiger charge is -2.11. The molecule has 0 saturated heterocycles. The second-order valence-electron chi connectivity index (χ2n) is 4.96. The molecule has 2 aromatic carbocycles. The Bertz CT molecular complexity index is 706. The number of halogens is 2. The van der Waals surface area contributed by atoms with Crippen LogP contribution in [0, 0.1) is 5.82 Å². The standard InChI is InChI=1S/C17H17ClFNO3/c1-23-16-4-2-3-14(18)13(16)8-17(22)20-9-11-5-6-15(19)12(7-11)10-21/h2-7,21H,8-10H2,1H3,(H,20,22). The summed E-state index contributed by atoms with van der Waals surface area (Å²) >= 11 is 6.10. The Morgan fingerprint density at radius 3 is 2.83 bits per heavy atom. The molecule has 0 unspecified atom stereocenters. The number of aliphatic hydroxyl groups excluding tert-OH is 1. The van der Waals surface area contributed by atoms with Crippen molar-refractivity contribution < 1.29 is 19.0 Å². The van der Waals surface area contributed by atoms with E-state index in [1.165, 1.54) is 19.2 Å². The first-order valence-corrected chi connectivity index (χ1v) is 7.39. The summed E-state index contributed by atoms with van der Waals surface area (Å²) in [6, 6.07) is 9.53. The van der Waals surface area contributed by atoms with Gasteiger partial charge in [-0.25, -0.2) is 4.39 Å². The van der Waals surface area contributed by atoms with Crippen molar-refractivity contribution in [3.8, 4) is 5.75 Å². The van der Waals surface area contributed by atoms with Gasteiger partial charge in [-0.2, -0.15) is 0 Å². The van der Waals surface area contributed by atoms with E-state index in [-0.39, 0.29) is 31.0 Å². The molecule has 2 aromatic rings. The third-order valence-corrected chi connectivity index (χ3v) is 3.76. The van der Waals surface area contributed by atoms with Crippen molar-refractivity contribution in [3.05, 3.63) is 63.9 Å². The number of rotatable bonds is 6. The van der Waals surface area contributed by atoms with Gasteiger partial charge in [0.15, 0.2) is 0 Å². The highest BCUT2D eigenvalue weighted by Gasteiger charge is 2.12. The van der Waals surface area contributed by atoms with Crippen LogP contribution in [0.1, 0.15) is 16.7 Å². The van der Waals surface area contributed by atoms with E-state index < -0.39 is 5.82 Å². The van der Waals surface area contributed by atoms with Crippen LogP contribution in [0.15, 0.2) is 36.4 Å². The Balaban J connectivity index is 2.01. The molecule has 122 valence electrons. The lowest BCUT2D eigenvalue weighted by atomic mass is 10.1. The lowest BCUT2D eigenvalue weighted by Crippen LogP contribution is -2.25. The fraction of sp³-hybridized carbons (Fsp3) is 0.235. The van der Waals surface area contributed by atoms with E-state index in [4.69, 9.17) is 21.4 Å². The first-order valence-electron chi connectivity index (χ1n) is 7.01. The van der Waals surface area contributed by atoms with Crippen LogP contribution >= 0.6 is 11.6 Å². The number of nitrogens with one attached hydrogen (secondary N) is 1. The van der Waals surface area contributed by atoms with Gasteiger partial charge >= 0.3 is 0 Å². The normalized spacial score (nSPS) is 10.4. The predicted molar refractivity (Wildman–Crippen MR) is 85.9 cm³/mol. The molecule has 0 atom stereocenters. The molecule has 23 heavy (non-hydrogen) atoms. The van der Waals surface area contributed by atoms with Crippen LogP contribution in [0.4, 0.5) is 4.39 Å². The molecule has 6 heteroatoms. The third kappa shape index (κ3) is 4.43. The average Bonchev–Trinajstić information content (AvgIpc) is 2.56. The minimum atomic E-state index is -0.469. The van der Waals surface area contributed by atoms with Crippen molar-refractivity contribution in [1.82, 2.24) is 5.32 Å². The Morgan fingerprint density at radius 1 is 1.35 bits per heavy atom. The number of amides is 1. The number of hydrogen-bond acceptors (Lipinski definition) is 3. The number of aliphatic hydroxyl groups is 1. The van der Waals surface area contributed by atoms with E-state index in [1.54, 1.807) is 24.3 Å². The summed E-state index contributed by atoms with van der Waals surface area (Å²) in [5.41, 5.74) is 1.52. The minimum absolute atomic E-state index is 0.0803. The summed E-state index contributed by atoms with van der Waals surface area (Å²) in [6.07, 6.45) is 0.0803. The van der Waals surface area contributed by atoms with Crippen LogP contribution in [0.25, 0.3) is 0 Å². The minimum Gasteiger partial charge on any atom is -0.496 e. The summed E-state index contributed by atoms with van der Waals surface area (Å²) in [4.78, 5) is 12.1. The summed E-state index contributed by atoms with van der Waals surface area (Å²) < 4.78 is 18.5. The fourth-order valence-electron chi connectivity index (χ4n) is 2.18. The van der Waals surface area contributed by atoms with Gasteiger partial charge < -0.3 is 15.2 Å². The zero-order chi connectivity index (χ0) is 16.8. The number of methoxy groups -OCH3 is 1. The summed E-state index contributed by atoms with van der Waals surface area (Å²) in [6.45, 7) is -0.149. The van der Waals surface area contributed by atoms with E-state index in [9.17, 15) is 9.18 Å². The number of hydrogen-bond donors (Lipinski definition) is 2. The van der Waals surface area contributed by atoms with E-state index in [2.05, 4.69) is 5.32 Å². The van der Waals surface area contributed by atoms with Gasteiger partial charge in [0, 0.05) is 22.7 Å². The highest BCUT2D eigenvalue weighted by molar-refractivity contribution is 6.31. The van der Waals surface area contributed by atoms with Crippen molar-refractivity contribution in [2.45, 2.75) is 19.6 Å². The molecular weight excluding hydrogens is 321 g/mol. The van der Waals surface area contributed by atoms with Gasteiger partial charge in [0.1, 0.15) is 11.6 Å². The van der Waals surface area contributed by atoms with Gasteiger partial charge in [-0.05, 0) is 29.8 Å². The van der Waals surface area contributed by atoms with Gasteiger partial charge in [-0.1, -0.05) is 23.7 Å². The van der Waals surface area contributed by atoms with Crippen molar-refractivity contribution in [2.75, 3.05) is 7.11 Å². The van der Waals surface area contributed by atoms with Gasteiger partial charge in [-0.3, -0.25) is 4.79 Å². The monoisotopic (exact) mass is 337 g/mol. The second-order valence-corrected chi connectivity index (χ2v) is 5.37. The van der Waals surface area contributed by atoms with Gasteiger partial charge in [0.25, 0.3) is 0 Å². The molecule has 0 heterocycles. The molecule has 0 aromatic heterocycles. The summed E-state index contributed by atoms with van der Waals surface area (Å²) in [5.74, 6) is -0.147. The quantitative estimate of drug-likeness (QED) is 0.852. The van der Waals surface area contributed by atoms with Crippen LogP contribution in [0.2, 0.25) is 5.02 Å². The maximum Gasteiger partial charge on any atom is 0.224 e. The largest absolute Gasteiger partial charge is 0.496 e. The maximum atomic E-state index is 13.3. The molecule has 0 bridgehead atoms. The molecule has 0 spiro atoms. The number of carbonyl (C=O) groups is 1. The highest BCUT2D eigenvalue weighted by Crippen LogP contribution is 2.26. The first kappa shape index (κ1) is 17.2. The average molecular weight is 338 g/mol. The van der Waals surface area contributed by atoms with E-state index in [1.807, 2.05) is 0 Å². The summed E-state index contributed by atoms with van der Waals surface area (Å²) in [7, 11) is 1.52. The van der Waals surface area contributed by atoms with Crippen molar-refractivity contribution in [2.24, 2.45) is 0 Å². The summed E-state index contributed by atoms with van der Waals surface area (Å²) in [5, 5.41) is 12.2. The molecule has 0 saturated carbocycles. The molecule has 0 aliphatic rings. The Morgan fingerprint density at radius 2 is 2.13 bits per heavy atom. The van der Waals surface area contributed by atoms with Crippen molar-refractivity contribution >= 4 is 17.5 Å². The van der Waals surface area contributed by atoms with Crippen LogP contribution in [0.5, 0.6) is 5.75 Å². The topological polar surface area (TPSA) is 58.6 Å². The SMILES string of the molecule is COc1cccc(Cl)c1CC(=O)NCc1ccc(F)c(CO)c1. The van der Waals surface area contributed by atoms with Gasteiger partial charge in [-0.15, -0.1) is 0 Å². The smallest absolute Gasteiger partial charge is 0.224 e. The molecule has 0 radical (unpaired) electrons. The van der Waals surface area contributed by atoms with E-state index in [0.717, 1.165) is 0 Å². The van der Waals surface area contributed by atoms with Crippen LogP contribution < -0.4 is 10.1 Å². The third-order valence-electron chi connectivity index (χ3n) is 3.40. The molecule has 1 amide bonds. The van der Waals surface area contributed by atoms with Crippen molar-refractivity contribution in [1.29, 1.82) is 0 Å². The number of benzene rings is 2. The number of carbonyl (C=O) groups excluding carboxylic acids is 1. The predicted octanol–water partition coefficient (Wildman–Crippen LogP) is 2.84. The molecule has 0 fully saturated rings. The van der Waals surface area contributed by atoms with E-state index in [0.29, 0.717) is 21.9 Å². The molecule has 0 aliphatic carbocycles. The fourth-order valence-corrected chi connectivity index (χ4v) is 2.42. The first-order chi connectivity index (χ1) is 11.0. The zero-order valence-electron chi connectivity index (χ0n) is 12.6. The Hall–Kier alpha value is -2.11. The molecule has 2 rings (SSSR count). The molecule has 4 nitrogen and oxygen atoms in total.